The Bertz CT molecular complexity index is 440. The molecule has 0 amide bonds. The molecule has 0 aromatic rings. The number of fused-ring (bicyclic) bond motifs is 1. The highest BCUT2D eigenvalue weighted by Crippen LogP contribution is 2.40. The van der Waals surface area contributed by atoms with E-state index in [4.69, 9.17) is 28.4 Å². The number of rotatable bonds is 7. The van der Waals surface area contributed by atoms with Crippen molar-refractivity contribution in [3.8, 4) is 0 Å². The predicted molar refractivity (Wildman–Crippen MR) is 89.0 cm³/mol. The Kier molecular flexibility index (Phi) is 6.66. The lowest BCUT2D eigenvalue weighted by Crippen LogP contribution is -2.43. The van der Waals surface area contributed by atoms with Crippen LogP contribution in [0.25, 0.3) is 0 Å². The number of halogens is 1. The van der Waals surface area contributed by atoms with Crippen LogP contribution in [0.2, 0.25) is 0 Å². The fourth-order valence-corrected chi connectivity index (χ4v) is 3.37. The van der Waals surface area contributed by atoms with Crippen molar-refractivity contribution < 1.29 is 33.2 Å². The van der Waals surface area contributed by atoms with E-state index in [-0.39, 0.29) is 24.4 Å². The van der Waals surface area contributed by atoms with Crippen molar-refractivity contribution in [2.75, 3.05) is 18.1 Å². The molecular formula is C15H23IO7. The highest BCUT2D eigenvalue weighted by molar-refractivity contribution is 14.1. The Morgan fingerprint density at radius 2 is 2.13 bits per heavy atom. The number of carbonyl (C=O) groups is 1. The van der Waals surface area contributed by atoms with E-state index in [0.29, 0.717) is 11.0 Å². The Labute approximate surface area is 149 Å². The number of hydrogen-bond acceptors (Lipinski definition) is 7. The maximum absolute atomic E-state index is 11.3. The lowest BCUT2D eigenvalue weighted by molar-refractivity contribution is -0.226. The SMILES string of the molecule is CCOC(=O)/C=C/O[C@H](CI)[C@H]1O[C@@H]2OC(C)(C)O[C@@H]2[C@H]1OC. The lowest BCUT2D eigenvalue weighted by atomic mass is 10.1. The van der Waals surface area contributed by atoms with Gasteiger partial charge in [-0.2, -0.15) is 0 Å². The molecule has 2 rings (SSSR count). The zero-order valence-corrected chi connectivity index (χ0v) is 15.8. The van der Waals surface area contributed by atoms with Crippen LogP contribution >= 0.6 is 22.6 Å². The number of hydrogen-bond donors (Lipinski definition) is 0. The van der Waals surface area contributed by atoms with Crippen molar-refractivity contribution in [3.05, 3.63) is 12.3 Å². The van der Waals surface area contributed by atoms with E-state index < -0.39 is 18.0 Å². The zero-order chi connectivity index (χ0) is 17.0. The van der Waals surface area contributed by atoms with Crippen LogP contribution in [0.15, 0.2) is 12.3 Å². The van der Waals surface area contributed by atoms with Gasteiger partial charge in [0.25, 0.3) is 0 Å². The normalized spacial score (nSPS) is 33.6. The first-order chi connectivity index (χ1) is 10.9. The van der Waals surface area contributed by atoms with Crippen LogP contribution < -0.4 is 0 Å². The smallest absolute Gasteiger partial charge is 0.333 e. The van der Waals surface area contributed by atoms with E-state index in [1.807, 2.05) is 13.8 Å². The summed E-state index contributed by atoms with van der Waals surface area (Å²) in [5.74, 6) is -1.14. The van der Waals surface area contributed by atoms with Crippen LogP contribution in [-0.4, -0.2) is 60.6 Å². The summed E-state index contributed by atoms with van der Waals surface area (Å²) >= 11 is 2.20. The summed E-state index contributed by atoms with van der Waals surface area (Å²) in [5, 5.41) is 0. The summed E-state index contributed by atoms with van der Waals surface area (Å²) < 4.78 is 34.2. The van der Waals surface area contributed by atoms with Crippen molar-refractivity contribution in [2.24, 2.45) is 0 Å². The van der Waals surface area contributed by atoms with Gasteiger partial charge in [0.05, 0.1) is 18.9 Å². The molecule has 0 aromatic carbocycles. The number of esters is 1. The molecule has 23 heavy (non-hydrogen) atoms. The molecule has 132 valence electrons. The number of carbonyl (C=O) groups excluding carboxylic acids is 1. The van der Waals surface area contributed by atoms with Crippen molar-refractivity contribution in [1.29, 1.82) is 0 Å². The molecule has 0 aromatic heterocycles. The van der Waals surface area contributed by atoms with Crippen LogP contribution in [0.4, 0.5) is 0 Å². The molecule has 0 unspecified atom stereocenters. The van der Waals surface area contributed by atoms with Gasteiger partial charge < -0.3 is 28.4 Å². The molecule has 0 saturated carbocycles. The molecule has 2 fully saturated rings. The van der Waals surface area contributed by atoms with E-state index in [0.717, 1.165) is 0 Å². The van der Waals surface area contributed by atoms with E-state index in [1.54, 1.807) is 14.0 Å². The third-order valence-electron chi connectivity index (χ3n) is 3.56. The minimum Gasteiger partial charge on any atom is -0.494 e. The van der Waals surface area contributed by atoms with Gasteiger partial charge in [-0.15, -0.1) is 0 Å². The van der Waals surface area contributed by atoms with Crippen LogP contribution in [0, 0.1) is 0 Å². The third-order valence-corrected chi connectivity index (χ3v) is 4.43. The van der Waals surface area contributed by atoms with Gasteiger partial charge in [-0.25, -0.2) is 4.79 Å². The average Bonchev–Trinajstić information content (AvgIpc) is 2.95. The van der Waals surface area contributed by atoms with E-state index >= 15 is 0 Å². The summed E-state index contributed by atoms with van der Waals surface area (Å²) in [6, 6.07) is 0. The van der Waals surface area contributed by atoms with Gasteiger partial charge in [-0.3, -0.25) is 0 Å². The van der Waals surface area contributed by atoms with Crippen molar-refractivity contribution in [2.45, 2.75) is 57.3 Å². The number of alkyl halides is 1. The summed E-state index contributed by atoms with van der Waals surface area (Å²) in [6.45, 7) is 5.75. The second-order valence-electron chi connectivity index (χ2n) is 5.65. The Hall–Kier alpha value is -0.420. The van der Waals surface area contributed by atoms with Gasteiger partial charge in [0.15, 0.2) is 12.1 Å². The van der Waals surface area contributed by atoms with Crippen molar-refractivity contribution in [3.63, 3.8) is 0 Å². The van der Waals surface area contributed by atoms with Crippen molar-refractivity contribution >= 4 is 28.6 Å². The van der Waals surface area contributed by atoms with E-state index in [1.165, 1.54) is 12.3 Å². The first kappa shape index (κ1) is 18.9. The molecule has 7 nitrogen and oxygen atoms in total. The van der Waals surface area contributed by atoms with Crippen LogP contribution in [0.3, 0.4) is 0 Å². The molecule has 0 aliphatic carbocycles. The minimum absolute atomic E-state index is 0.299. The van der Waals surface area contributed by atoms with Gasteiger partial charge in [0.2, 0.25) is 0 Å². The molecule has 2 aliphatic heterocycles. The van der Waals surface area contributed by atoms with Crippen LogP contribution in [0.5, 0.6) is 0 Å². The topological polar surface area (TPSA) is 72.5 Å². The van der Waals surface area contributed by atoms with Crippen LogP contribution in [0.1, 0.15) is 20.8 Å². The Morgan fingerprint density at radius 1 is 1.39 bits per heavy atom. The van der Waals surface area contributed by atoms with E-state index in [2.05, 4.69) is 22.6 Å². The van der Waals surface area contributed by atoms with Gasteiger partial charge in [0.1, 0.15) is 24.4 Å². The van der Waals surface area contributed by atoms with Gasteiger partial charge >= 0.3 is 5.97 Å². The second kappa shape index (κ2) is 8.11. The molecule has 0 bridgehead atoms. The first-order valence-electron chi connectivity index (χ1n) is 7.50. The number of methoxy groups -OCH3 is 1. The minimum atomic E-state index is -0.693. The Morgan fingerprint density at radius 3 is 2.74 bits per heavy atom. The highest BCUT2D eigenvalue weighted by Gasteiger charge is 2.57. The summed E-state index contributed by atoms with van der Waals surface area (Å²) in [5.41, 5.74) is 0. The highest BCUT2D eigenvalue weighted by atomic mass is 127. The van der Waals surface area contributed by atoms with Crippen LogP contribution in [-0.2, 0) is 33.2 Å². The quantitative estimate of drug-likeness (QED) is 0.196. The fourth-order valence-electron chi connectivity index (χ4n) is 2.66. The molecule has 2 aliphatic rings. The zero-order valence-electron chi connectivity index (χ0n) is 13.7. The molecule has 8 heteroatoms. The molecule has 0 spiro atoms. The maximum Gasteiger partial charge on any atom is 0.333 e. The predicted octanol–water partition coefficient (Wildman–Crippen LogP) is 1.77. The van der Waals surface area contributed by atoms with Gasteiger partial charge in [-0.1, -0.05) is 22.6 Å². The summed E-state index contributed by atoms with van der Waals surface area (Å²) in [7, 11) is 1.61. The standard InChI is InChI=1S/C15H23IO7/c1-5-19-10(17)6-7-20-9(8-16)11-12(18-4)13-14(21-11)23-15(2,3)22-13/h6-7,9,11-14H,5,8H2,1-4H3/b7-6+/t9-,11-,12+,13-,14-/m1/s1. The summed E-state index contributed by atoms with van der Waals surface area (Å²) in [6.07, 6.45) is 0.832. The third kappa shape index (κ3) is 4.56. The largest absolute Gasteiger partial charge is 0.494 e. The average molecular weight is 442 g/mol. The van der Waals surface area contributed by atoms with Gasteiger partial charge in [0, 0.05) is 11.5 Å². The molecule has 0 N–H and O–H groups in total. The van der Waals surface area contributed by atoms with E-state index in [9.17, 15) is 4.79 Å². The van der Waals surface area contributed by atoms with Crippen molar-refractivity contribution in [1.82, 2.24) is 0 Å². The molecule has 2 heterocycles. The maximum atomic E-state index is 11.3. The molecule has 2 saturated heterocycles. The lowest BCUT2D eigenvalue weighted by Gasteiger charge is -2.28. The molecule has 0 radical (unpaired) electrons. The fraction of sp³-hybridized carbons (Fsp3) is 0.800. The molecule has 5 atom stereocenters. The first-order valence-corrected chi connectivity index (χ1v) is 9.03. The monoisotopic (exact) mass is 442 g/mol. The molecular weight excluding hydrogens is 419 g/mol. The second-order valence-corrected chi connectivity index (χ2v) is 6.53. The summed E-state index contributed by atoms with van der Waals surface area (Å²) in [4.78, 5) is 11.3. The Balaban J connectivity index is 1.97. The van der Waals surface area contributed by atoms with Gasteiger partial charge in [-0.05, 0) is 20.8 Å². The number of ether oxygens (including phenoxy) is 6.